The van der Waals surface area contributed by atoms with Crippen molar-refractivity contribution < 1.29 is 9.84 Å². The first kappa shape index (κ1) is 22.7. The molecule has 1 aliphatic heterocycles. The number of hydrogen-bond acceptors (Lipinski definition) is 6. The van der Waals surface area contributed by atoms with E-state index in [9.17, 15) is 5.11 Å². The summed E-state index contributed by atoms with van der Waals surface area (Å²) in [6, 6.07) is 6.63. The van der Waals surface area contributed by atoms with Crippen LogP contribution in [-0.4, -0.2) is 72.0 Å². The highest BCUT2D eigenvalue weighted by molar-refractivity contribution is 5.52. The predicted octanol–water partition coefficient (Wildman–Crippen LogP) is 2.82. The first-order valence-electron chi connectivity index (χ1n) is 11.0. The minimum Gasteiger partial charge on any atom is -0.389 e. The van der Waals surface area contributed by atoms with E-state index in [-0.39, 0.29) is 0 Å². The lowest BCUT2D eigenvalue weighted by molar-refractivity contribution is 0.0202. The molecule has 1 N–H and O–H groups in total. The molecular weight excluding hydrogens is 376 g/mol. The largest absolute Gasteiger partial charge is 0.389 e. The van der Waals surface area contributed by atoms with E-state index in [2.05, 4.69) is 53.8 Å². The fourth-order valence-electron chi connectivity index (χ4n) is 4.11. The zero-order valence-electron chi connectivity index (χ0n) is 19.1. The summed E-state index contributed by atoms with van der Waals surface area (Å²) in [6.45, 7) is 15.7. The van der Waals surface area contributed by atoms with Crippen LogP contribution in [-0.2, 0) is 11.2 Å². The highest BCUT2D eigenvalue weighted by atomic mass is 16.5. The molecule has 0 radical (unpaired) electrons. The van der Waals surface area contributed by atoms with E-state index in [0.29, 0.717) is 19.8 Å². The van der Waals surface area contributed by atoms with E-state index in [1.807, 2.05) is 13.8 Å². The molecule has 3 rings (SSSR count). The summed E-state index contributed by atoms with van der Waals surface area (Å²) >= 11 is 0. The van der Waals surface area contributed by atoms with E-state index in [1.165, 1.54) is 22.3 Å². The third-order valence-corrected chi connectivity index (χ3v) is 5.83. The van der Waals surface area contributed by atoms with Crippen LogP contribution in [0.1, 0.15) is 40.7 Å². The molecule has 0 amide bonds. The minimum atomic E-state index is -0.431. The van der Waals surface area contributed by atoms with E-state index in [4.69, 9.17) is 9.72 Å². The summed E-state index contributed by atoms with van der Waals surface area (Å²) in [4.78, 5) is 14.2. The molecule has 6 nitrogen and oxygen atoms in total. The number of aromatic nitrogens is 2. The van der Waals surface area contributed by atoms with E-state index < -0.39 is 6.10 Å². The molecular formula is C24H36N4O2. The molecule has 2 heterocycles. The minimum absolute atomic E-state index is 0.404. The third kappa shape index (κ3) is 5.78. The molecule has 164 valence electrons. The lowest BCUT2D eigenvalue weighted by atomic mass is 9.97. The first-order chi connectivity index (χ1) is 14.4. The smallest absolute Gasteiger partial charge is 0.136 e. The number of β-amino-alcohol motifs (C(OH)–C–C–N with tert-alkyl or cyclic N) is 1. The van der Waals surface area contributed by atoms with Crippen LogP contribution >= 0.6 is 0 Å². The lowest BCUT2D eigenvalue weighted by Gasteiger charge is -2.37. The first-order valence-corrected chi connectivity index (χ1v) is 11.0. The number of rotatable bonds is 8. The average Bonchev–Trinajstić information content (AvgIpc) is 2.71. The fraction of sp³-hybridized carbons (Fsp3) is 0.583. The van der Waals surface area contributed by atoms with Crippen LogP contribution in [0.3, 0.4) is 0 Å². The van der Waals surface area contributed by atoms with Gasteiger partial charge in [0.05, 0.1) is 12.7 Å². The Balaban J connectivity index is 1.74. The number of piperazine rings is 1. The van der Waals surface area contributed by atoms with Crippen molar-refractivity contribution in [2.24, 2.45) is 0 Å². The standard InChI is InChI=1S/C24H36N4O2/c1-6-30-16-22(29)15-27-9-11-28(12-10-27)24-23(19(4)25-20(5)26-24)14-21-13-17(2)7-8-18(21)3/h7-8,13,22,29H,6,9-12,14-16H2,1-5H3. The molecule has 30 heavy (non-hydrogen) atoms. The van der Waals surface area contributed by atoms with Crippen molar-refractivity contribution in [2.75, 3.05) is 50.8 Å². The van der Waals surface area contributed by atoms with Gasteiger partial charge >= 0.3 is 0 Å². The third-order valence-electron chi connectivity index (χ3n) is 5.83. The van der Waals surface area contributed by atoms with Crippen molar-refractivity contribution in [1.29, 1.82) is 0 Å². The number of aryl methyl sites for hydroxylation is 4. The van der Waals surface area contributed by atoms with Crippen LogP contribution < -0.4 is 4.90 Å². The van der Waals surface area contributed by atoms with Crippen LogP contribution in [0.25, 0.3) is 0 Å². The van der Waals surface area contributed by atoms with Crippen molar-refractivity contribution in [2.45, 2.75) is 47.1 Å². The van der Waals surface area contributed by atoms with Crippen molar-refractivity contribution in [3.63, 3.8) is 0 Å². The Morgan fingerprint density at radius 3 is 2.50 bits per heavy atom. The molecule has 1 saturated heterocycles. The molecule has 0 spiro atoms. The summed E-state index contributed by atoms with van der Waals surface area (Å²) < 4.78 is 5.34. The molecule has 1 aliphatic rings. The Bertz CT molecular complexity index is 847. The van der Waals surface area contributed by atoms with Crippen LogP contribution in [0.15, 0.2) is 18.2 Å². The van der Waals surface area contributed by atoms with Gasteiger partial charge in [-0.25, -0.2) is 9.97 Å². The number of hydrogen-bond donors (Lipinski definition) is 1. The van der Waals surface area contributed by atoms with Crippen LogP contribution in [0.4, 0.5) is 5.82 Å². The zero-order chi connectivity index (χ0) is 21.7. The van der Waals surface area contributed by atoms with Crippen molar-refractivity contribution in [3.05, 3.63) is 52.0 Å². The summed E-state index contributed by atoms with van der Waals surface area (Å²) in [5.74, 6) is 1.89. The van der Waals surface area contributed by atoms with Crippen molar-refractivity contribution in [3.8, 4) is 0 Å². The molecule has 6 heteroatoms. The average molecular weight is 413 g/mol. The van der Waals surface area contributed by atoms with E-state index >= 15 is 0 Å². The van der Waals surface area contributed by atoms with Gasteiger partial charge in [-0.05, 0) is 45.7 Å². The fourth-order valence-corrected chi connectivity index (χ4v) is 4.11. The summed E-state index contributed by atoms with van der Waals surface area (Å²) in [7, 11) is 0. The number of ether oxygens (including phenoxy) is 1. The summed E-state index contributed by atoms with van der Waals surface area (Å²) in [5.41, 5.74) is 6.21. The second-order valence-electron chi connectivity index (χ2n) is 8.37. The van der Waals surface area contributed by atoms with Gasteiger partial charge in [0, 0.05) is 57.0 Å². The quantitative estimate of drug-likeness (QED) is 0.719. The summed E-state index contributed by atoms with van der Waals surface area (Å²) in [6.07, 6.45) is 0.419. The van der Waals surface area contributed by atoms with Gasteiger partial charge in [0.15, 0.2) is 0 Å². The molecule has 0 saturated carbocycles. The van der Waals surface area contributed by atoms with Gasteiger partial charge in [0.25, 0.3) is 0 Å². The Morgan fingerprint density at radius 1 is 1.07 bits per heavy atom. The zero-order valence-corrected chi connectivity index (χ0v) is 19.1. The maximum Gasteiger partial charge on any atom is 0.136 e. The Morgan fingerprint density at radius 2 is 1.80 bits per heavy atom. The second kappa shape index (κ2) is 10.3. The maximum absolute atomic E-state index is 10.1. The molecule has 0 aliphatic carbocycles. The van der Waals surface area contributed by atoms with E-state index in [0.717, 1.165) is 49.9 Å². The van der Waals surface area contributed by atoms with Crippen LogP contribution in [0.2, 0.25) is 0 Å². The Hall–Kier alpha value is -2.02. The topological polar surface area (TPSA) is 61.7 Å². The number of benzene rings is 1. The van der Waals surface area contributed by atoms with Gasteiger partial charge in [-0.3, -0.25) is 4.90 Å². The maximum atomic E-state index is 10.1. The van der Waals surface area contributed by atoms with Gasteiger partial charge < -0.3 is 14.7 Å². The Kier molecular flexibility index (Phi) is 7.81. The SMILES string of the molecule is CCOCC(O)CN1CCN(c2nc(C)nc(C)c2Cc2cc(C)ccc2C)CC1. The summed E-state index contributed by atoms with van der Waals surface area (Å²) in [5, 5.41) is 10.1. The Labute approximate surface area is 180 Å². The highest BCUT2D eigenvalue weighted by Crippen LogP contribution is 2.26. The normalized spacial score (nSPS) is 16.1. The molecule has 1 atom stereocenters. The molecule has 1 aromatic carbocycles. The van der Waals surface area contributed by atoms with Crippen LogP contribution in [0.5, 0.6) is 0 Å². The van der Waals surface area contributed by atoms with E-state index in [1.54, 1.807) is 0 Å². The number of aliphatic hydroxyl groups excluding tert-OH is 1. The van der Waals surface area contributed by atoms with Gasteiger partial charge in [0.2, 0.25) is 0 Å². The van der Waals surface area contributed by atoms with Gasteiger partial charge in [-0.2, -0.15) is 0 Å². The highest BCUT2D eigenvalue weighted by Gasteiger charge is 2.23. The molecule has 1 aromatic heterocycles. The van der Waals surface area contributed by atoms with Crippen molar-refractivity contribution in [1.82, 2.24) is 14.9 Å². The molecule has 1 fully saturated rings. The number of nitrogens with zero attached hydrogens (tertiary/aromatic N) is 4. The van der Waals surface area contributed by atoms with Gasteiger partial charge in [-0.15, -0.1) is 0 Å². The van der Waals surface area contributed by atoms with Crippen molar-refractivity contribution >= 4 is 5.82 Å². The monoisotopic (exact) mass is 412 g/mol. The number of anilines is 1. The van der Waals surface area contributed by atoms with Gasteiger partial charge in [-0.1, -0.05) is 23.8 Å². The lowest BCUT2D eigenvalue weighted by Crippen LogP contribution is -2.49. The van der Waals surface area contributed by atoms with Crippen LogP contribution in [0, 0.1) is 27.7 Å². The molecule has 0 bridgehead atoms. The predicted molar refractivity (Wildman–Crippen MR) is 121 cm³/mol. The number of aliphatic hydroxyl groups is 1. The molecule has 2 aromatic rings. The second-order valence-corrected chi connectivity index (χ2v) is 8.37. The molecule has 1 unspecified atom stereocenters. The van der Waals surface area contributed by atoms with Gasteiger partial charge in [0.1, 0.15) is 11.6 Å².